The smallest absolute Gasteiger partial charge is 0.321 e. The lowest BCUT2D eigenvalue weighted by molar-refractivity contribution is -0.146. The molecule has 0 radical (unpaired) electrons. The first kappa shape index (κ1) is 15.9. The van der Waals surface area contributed by atoms with E-state index in [1.54, 1.807) is 36.7 Å². The third kappa shape index (κ3) is 2.92. The van der Waals surface area contributed by atoms with Crippen molar-refractivity contribution < 1.29 is 14.7 Å². The van der Waals surface area contributed by atoms with E-state index in [0.29, 0.717) is 24.5 Å². The van der Waals surface area contributed by atoms with Crippen molar-refractivity contribution >= 4 is 17.7 Å². The van der Waals surface area contributed by atoms with Crippen LogP contribution in [0, 0.1) is 12.3 Å². The molecule has 9 nitrogen and oxygen atoms in total. The number of benzene rings is 1. The summed E-state index contributed by atoms with van der Waals surface area (Å²) >= 11 is 0. The van der Waals surface area contributed by atoms with Crippen LogP contribution in [0.5, 0.6) is 0 Å². The molecule has 1 fully saturated rings. The molecule has 2 heterocycles. The minimum absolute atomic E-state index is 0.194. The van der Waals surface area contributed by atoms with Crippen LogP contribution in [0.15, 0.2) is 24.3 Å². The van der Waals surface area contributed by atoms with Gasteiger partial charge in [-0.15, -0.1) is 5.10 Å². The lowest BCUT2D eigenvalue weighted by Crippen LogP contribution is -2.37. The van der Waals surface area contributed by atoms with E-state index in [9.17, 15) is 14.7 Å². The maximum absolute atomic E-state index is 12.4. The Bertz CT molecular complexity index is 789. The summed E-state index contributed by atoms with van der Waals surface area (Å²) in [5.41, 5.74) is 0.436. The molecule has 1 unspecified atom stereocenters. The molecule has 2 N–H and O–H groups in total. The third-order valence-electron chi connectivity index (χ3n) is 4.24. The molecule has 0 bridgehead atoms. The van der Waals surface area contributed by atoms with E-state index >= 15 is 0 Å². The predicted molar refractivity (Wildman–Crippen MR) is 84.8 cm³/mol. The predicted octanol–water partition coefficient (Wildman–Crippen LogP) is 1.30. The van der Waals surface area contributed by atoms with Gasteiger partial charge >= 0.3 is 12.0 Å². The fourth-order valence-electron chi connectivity index (χ4n) is 2.70. The van der Waals surface area contributed by atoms with Crippen LogP contribution < -0.4 is 5.32 Å². The second kappa shape index (κ2) is 5.91. The summed E-state index contributed by atoms with van der Waals surface area (Å²) in [6.45, 7) is 4.05. The molecule has 0 saturated carbocycles. The van der Waals surface area contributed by atoms with Crippen molar-refractivity contribution in [2.75, 3.05) is 18.4 Å². The highest BCUT2D eigenvalue weighted by Crippen LogP contribution is 2.30. The molecule has 1 aromatic heterocycles. The van der Waals surface area contributed by atoms with E-state index in [1.165, 1.54) is 4.90 Å². The molecule has 1 aliphatic rings. The van der Waals surface area contributed by atoms with E-state index in [4.69, 9.17) is 0 Å². The van der Waals surface area contributed by atoms with Gasteiger partial charge in [0.05, 0.1) is 11.1 Å². The number of carbonyl (C=O) groups excluding carboxylic acids is 1. The number of anilines is 1. The summed E-state index contributed by atoms with van der Waals surface area (Å²) in [6.07, 6.45) is 0.444. The molecule has 3 rings (SSSR count). The van der Waals surface area contributed by atoms with Crippen LogP contribution in [0.4, 0.5) is 10.5 Å². The standard InChI is InChI=1S/C15H18N6O3/c1-10-17-18-19-21(10)12-5-3-4-11(8-12)16-14(24)20-7-6-15(2,9-20)13(22)23/h3-5,8H,6-7,9H2,1-2H3,(H,16,24)(H,22,23). The summed E-state index contributed by atoms with van der Waals surface area (Å²) in [7, 11) is 0. The molecular formula is C15H18N6O3. The maximum Gasteiger partial charge on any atom is 0.321 e. The van der Waals surface area contributed by atoms with Crippen molar-refractivity contribution in [2.45, 2.75) is 20.3 Å². The number of carboxylic acid groups (broad SMARTS) is 1. The Morgan fingerprint density at radius 2 is 2.17 bits per heavy atom. The first-order chi connectivity index (χ1) is 11.4. The van der Waals surface area contributed by atoms with Gasteiger partial charge in [0.2, 0.25) is 0 Å². The number of aromatic nitrogens is 4. The third-order valence-corrected chi connectivity index (χ3v) is 4.24. The number of nitrogens with zero attached hydrogens (tertiary/aromatic N) is 5. The zero-order valence-corrected chi connectivity index (χ0v) is 13.4. The molecule has 1 aliphatic heterocycles. The van der Waals surface area contributed by atoms with E-state index in [0.717, 1.165) is 5.69 Å². The highest BCUT2D eigenvalue weighted by molar-refractivity contribution is 5.90. The topological polar surface area (TPSA) is 113 Å². The molecule has 1 saturated heterocycles. The number of likely N-dealkylation sites (tertiary alicyclic amines) is 1. The van der Waals surface area contributed by atoms with E-state index < -0.39 is 11.4 Å². The highest BCUT2D eigenvalue weighted by Gasteiger charge is 2.42. The molecule has 2 amide bonds. The van der Waals surface area contributed by atoms with Crippen LogP contribution in [-0.2, 0) is 4.79 Å². The first-order valence-electron chi connectivity index (χ1n) is 7.54. The molecule has 2 aromatic rings. The highest BCUT2D eigenvalue weighted by atomic mass is 16.4. The Kier molecular flexibility index (Phi) is 3.92. The number of carbonyl (C=O) groups is 2. The zero-order valence-electron chi connectivity index (χ0n) is 13.4. The summed E-state index contributed by atoms with van der Waals surface area (Å²) in [5, 5.41) is 23.4. The second-order valence-corrected chi connectivity index (χ2v) is 6.16. The number of hydrogen-bond donors (Lipinski definition) is 2. The van der Waals surface area contributed by atoms with Crippen molar-refractivity contribution in [3.63, 3.8) is 0 Å². The van der Waals surface area contributed by atoms with Gasteiger partial charge in [-0.05, 0) is 48.9 Å². The normalized spacial score (nSPS) is 20.2. The Hall–Kier alpha value is -2.97. The number of hydrogen-bond acceptors (Lipinski definition) is 5. The maximum atomic E-state index is 12.4. The number of carboxylic acids is 1. The molecule has 9 heteroatoms. The van der Waals surface area contributed by atoms with Crippen LogP contribution in [0.25, 0.3) is 5.69 Å². The van der Waals surface area contributed by atoms with Gasteiger partial charge in [-0.3, -0.25) is 4.79 Å². The average Bonchev–Trinajstić information content (AvgIpc) is 3.14. The van der Waals surface area contributed by atoms with Crippen molar-refractivity contribution in [3.05, 3.63) is 30.1 Å². The van der Waals surface area contributed by atoms with E-state index in [2.05, 4.69) is 20.8 Å². The van der Waals surface area contributed by atoms with Gasteiger partial charge in [0.1, 0.15) is 0 Å². The van der Waals surface area contributed by atoms with Gasteiger partial charge in [0.15, 0.2) is 5.82 Å². The lowest BCUT2D eigenvalue weighted by atomic mass is 9.90. The van der Waals surface area contributed by atoms with Crippen molar-refractivity contribution in [1.82, 2.24) is 25.1 Å². The Balaban J connectivity index is 1.72. The Labute approximate surface area is 138 Å². The molecule has 126 valence electrons. The van der Waals surface area contributed by atoms with Gasteiger partial charge in [0, 0.05) is 18.8 Å². The summed E-state index contributed by atoms with van der Waals surface area (Å²) in [6, 6.07) is 6.82. The SMILES string of the molecule is Cc1nnnn1-c1cccc(NC(=O)N2CCC(C)(C(=O)O)C2)c1. The van der Waals surface area contributed by atoms with Gasteiger partial charge < -0.3 is 15.3 Å². The largest absolute Gasteiger partial charge is 0.481 e. The Morgan fingerprint density at radius 1 is 1.38 bits per heavy atom. The minimum Gasteiger partial charge on any atom is -0.481 e. The zero-order chi connectivity index (χ0) is 17.3. The minimum atomic E-state index is -0.886. The van der Waals surface area contributed by atoms with Gasteiger partial charge in [-0.2, -0.15) is 4.68 Å². The van der Waals surface area contributed by atoms with E-state index in [1.807, 2.05) is 6.07 Å². The first-order valence-corrected chi connectivity index (χ1v) is 7.54. The quantitative estimate of drug-likeness (QED) is 0.877. The van der Waals surface area contributed by atoms with Crippen molar-refractivity contribution in [2.24, 2.45) is 5.41 Å². The second-order valence-electron chi connectivity index (χ2n) is 6.16. The number of amides is 2. The number of tetrazole rings is 1. The molecule has 24 heavy (non-hydrogen) atoms. The number of nitrogens with one attached hydrogen (secondary N) is 1. The summed E-state index contributed by atoms with van der Waals surface area (Å²) in [5.74, 6) is -0.246. The summed E-state index contributed by atoms with van der Waals surface area (Å²) < 4.78 is 1.56. The Morgan fingerprint density at radius 3 is 2.79 bits per heavy atom. The van der Waals surface area contributed by atoms with Crippen LogP contribution in [0.3, 0.4) is 0 Å². The van der Waals surface area contributed by atoms with Crippen LogP contribution >= 0.6 is 0 Å². The van der Waals surface area contributed by atoms with Gasteiger partial charge in [0.25, 0.3) is 0 Å². The monoisotopic (exact) mass is 330 g/mol. The molecule has 0 spiro atoms. The molecular weight excluding hydrogens is 312 g/mol. The number of rotatable bonds is 3. The average molecular weight is 330 g/mol. The molecule has 1 aromatic carbocycles. The molecule has 1 atom stereocenters. The van der Waals surface area contributed by atoms with Crippen molar-refractivity contribution in [1.29, 1.82) is 0 Å². The van der Waals surface area contributed by atoms with Gasteiger partial charge in [-0.25, -0.2) is 4.79 Å². The van der Waals surface area contributed by atoms with Crippen LogP contribution in [0.2, 0.25) is 0 Å². The summed E-state index contributed by atoms with van der Waals surface area (Å²) in [4.78, 5) is 25.2. The number of urea groups is 1. The van der Waals surface area contributed by atoms with Crippen LogP contribution in [-0.4, -0.2) is 55.3 Å². The lowest BCUT2D eigenvalue weighted by Gasteiger charge is -2.20. The van der Waals surface area contributed by atoms with Crippen LogP contribution in [0.1, 0.15) is 19.2 Å². The number of aliphatic carboxylic acids is 1. The fraction of sp³-hybridized carbons (Fsp3) is 0.400. The fourth-order valence-corrected chi connectivity index (χ4v) is 2.70. The van der Waals surface area contributed by atoms with Gasteiger partial charge in [-0.1, -0.05) is 6.07 Å². The van der Waals surface area contributed by atoms with Crippen molar-refractivity contribution in [3.8, 4) is 5.69 Å². The number of aryl methyl sites for hydroxylation is 1. The van der Waals surface area contributed by atoms with E-state index in [-0.39, 0.29) is 12.6 Å². The molecule has 0 aliphatic carbocycles.